The van der Waals surface area contributed by atoms with Gasteiger partial charge < -0.3 is 4.90 Å². The highest BCUT2D eigenvalue weighted by Gasteiger charge is 2.33. The van der Waals surface area contributed by atoms with E-state index in [1.54, 1.807) is 0 Å². The van der Waals surface area contributed by atoms with Crippen LogP contribution in [-0.4, -0.2) is 21.3 Å². The summed E-state index contributed by atoms with van der Waals surface area (Å²) >= 11 is 3.52. The fourth-order valence-corrected chi connectivity index (χ4v) is 4.18. The first kappa shape index (κ1) is 15.4. The Bertz CT molecular complexity index is 976. The van der Waals surface area contributed by atoms with Crippen LogP contribution in [0.4, 0.5) is 5.69 Å². The number of pyridine rings is 1. The molecule has 1 aliphatic heterocycles. The predicted molar refractivity (Wildman–Crippen MR) is 98.8 cm³/mol. The van der Waals surface area contributed by atoms with Gasteiger partial charge in [0.2, 0.25) is 0 Å². The molecule has 0 N–H and O–H groups in total. The number of para-hydroxylation sites is 1. The van der Waals surface area contributed by atoms with E-state index in [0.29, 0.717) is 5.69 Å². The first-order valence-electron chi connectivity index (χ1n) is 8.03. The largest absolute Gasteiger partial charge is 0.304 e. The molecule has 1 aromatic carbocycles. The number of benzene rings is 1. The Hall–Kier alpha value is -2.14. The molecule has 3 aromatic rings. The summed E-state index contributed by atoms with van der Waals surface area (Å²) in [5, 5.41) is 0. The molecule has 2 aromatic heterocycles. The van der Waals surface area contributed by atoms with E-state index in [4.69, 9.17) is 0 Å². The minimum atomic E-state index is 0.00921. The van der Waals surface area contributed by atoms with Gasteiger partial charge in [-0.05, 0) is 66.4 Å². The number of nitrogens with zero attached hydrogens (tertiary/aromatic N) is 3. The highest BCUT2D eigenvalue weighted by atomic mass is 79.9. The molecule has 0 spiro atoms. The molecule has 0 aliphatic carbocycles. The SMILES string of the molecule is Cc1nc2c(C)cc(Br)cn2c1C(=O)N1c2ccccc2CC1C. The van der Waals surface area contributed by atoms with Crippen molar-refractivity contribution in [1.29, 1.82) is 0 Å². The van der Waals surface area contributed by atoms with Crippen molar-refractivity contribution in [2.45, 2.75) is 33.2 Å². The molecule has 0 bridgehead atoms. The van der Waals surface area contributed by atoms with Gasteiger partial charge in [0.25, 0.3) is 5.91 Å². The maximum absolute atomic E-state index is 13.4. The van der Waals surface area contributed by atoms with Gasteiger partial charge in [0.15, 0.2) is 0 Å². The number of imidazole rings is 1. The van der Waals surface area contributed by atoms with E-state index in [1.165, 1.54) is 5.56 Å². The van der Waals surface area contributed by atoms with E-state index in [0.717, 1.165) is 33.5 Å². The maximum Gasteiger partial charge on any atom is 0.277 e. The summed E-state index contributed by atoms with van der Waals surface area (Å²) in [7, 11) is 0. The summed E-state index contributed by atoms with van der Waals surface area (Å²) in [4.78, 5) is 19.9. The number of carbonyl (C=O) groups excluding carboxylic acids is 1. The number of anilines is 1. The van der Waals surface area contributed by atoms with Gasteiger partial charge in [0, 0.05) is 22.4 Å². The van der Waals surface area contributed by atoms with Crippen LogP contribution in [0.3, 0.4) is 0 Å². The third kappa shape index (κ3) is 2.18. The summed E-state index contributed by atoms with van der Waals surface area (Å²) in [5.74, 6) is 0.00921. The van der Waals surface area contributed by atoms with Crippen LogP contribution in [0.2, 0.25) is 0 Å². The number of hydrogen-bond acceptors (Lipinski definition) is 2. The zero-order valence-corrected chi connectivity index (χ0v) is 15.5. The molecule has 3 heterocycles. The van der Waals surface area contributed by atoms with Crippen LogP contribution in [-0.2, 0) is 6.42 Å². The molecule has 1 atom stereocenters. The Balaban J connectivity index is 1.89. The molecular weight excluding hydrogens is 366 g/mol. The minimum Gasteiger partial charge on any atom is -0.304 e. The highest BCUT2D eigenvalue weighted by molar-refractivity contribution is 9.10. The third-order valence-electron chi connectivity index (χ3n) is 4.67. The van der Waals surface area contributed by atoms with Crippen LogP contribution >= 0.6 is 15.9 Å². The van der Waals surface area contributed by atoms with E-state index in [9.17, 15) is 4.79 Å². The molecule has 5 heteroatoms. The quantitative estimate of drug-likeness (QED) is 0.627. The molecule has 1 aliphatic rings. The minimum absolute atomic E-state index is 0.00921. The van der Waals surface area contributed by atoms with E-state index in [2.05, 4.69) is 33.9 Å². The Labute approximate surface area is 149 Å². The second kappa shape index (κ2) is 5.45. The van der Waals surface area contributed by atoms with Gasteiger partial charge in [0.1, 0.15) is 11.3 Å². The lowest BCUT2D eigenvalue weighted by atomic mass is 10.1. The number of fused-ring (bicyclic) bond motifs is 2. The van der Waals surface area contributed by atoms with Gasteiger partial charge in [-0.25, -0.2) is 4.98 Å². The van der Waals surface area contributed by atoms with Gasteiger partial charge in [-0.2, -0.15) is 0 Å². The molecular formula is C19H18BrN3O. The second-order valence-corrected chi connectivity index (χ2v) is 7.35. The molecule has 4 nitrogen and oxygen atoms in total. The Morgan fingerprint density at radius 1 is 1.29 bits per heavy atom. The molecule has 1 unspecified atom stereocenters. The van der Waals surface area contributed by atoms with E-state index >= 15 is 0 Å². The fraction of sp³-hybridized carbons (Fsp3) is 0.263. The smallest absolute Gasteiger partial charge is 0.277 e. The highest BCUT2D eigenvalue weighted by Crippen LogP contribution is 2.34. The van der Waals surface area contributed by atoms with Crippen LogP contribution in [0.1, 0.15) is 34.2 Å². The summed E-state index contributed by atoms with van der Waals surface area (Å²) in [6.07, 6.45) is 2.81. The molecule has 0 radical (unpaired) electrons. The van der Waals surface area contributed by atoms with Gasteiger partial charge in [-0.3, -0.25) is 9.20 Å². The van der Waals surface area contributed by atoms with E-state index < -0.39 is 0 Å². The number of rotatable bonds is 1. The van der Waals surface area contributed by atoms with Crippen LogP contribution in [0.15, 0.2) is 41.0 Å². The number of hydrogen-bond donors (Lipinski definition) is 0. The number of amides is 1. The number of aryl methyl sites for hydroxylation is 2. The zero-order chi connectivity index (χ0) is 17.0. The first-order chi connectivity index (χ1) is 11.5. The van der Waals surface area contributed by atoms with E-state index in [-0.39, 0.29) is 11.9 Å². The molecule has 122 valence electrons. The fourth-order valence-electron chi connectivity index (χ4n) is 3.63. The van der Waals surface area contributed by atoms with Crippen molar-refractivity contribution in [3.05, 3.63) is 63.5 Å². The lowest BCUT2D eigenvalue weighted by molar-refractivity contribution is 0.0975. The zero-order valence-electron chi connectivity index (χ0n) is 13.9. The maximum atomic E-state index is 13.4. The Morgan fingerprint density at radius 2 is 2.04 bits per heavy atom. The lowest BCUT2D eigenvalue weighted by Crippen LogP contribution is -2.36. The average molecular weight is 384 g/mol. The number of aromatic nitrogens is 2. The lowest BCUT2D eigenvalue weighted by Gasteiger charge is -2.23. The predicted octanol–water partition coefficient (Wildman–Crippen LogP) is 4.31. The van der Waals surface area contributed by atoms with Gasteiger partial charge in [0.05, 0.1) is 5.69 Å². The van der Waals surface area contributed by atoms with Crippen LogP contribution < -0.4 is 4.90 Å². The Kier molecular flexibility index (Phi) is 3.49. The normalized spacial score (nSPS) is 16.7. The van der Waals surface area contributed by atoms with E-state index in [1.807, 2.05) is 53.6 Å². The van der Waals surface area contributed by atoms with Crippen molar-refractivity contribution < 1.29 is 4.79 Å². The summed E-state index contributed by atoms with van der Waals surface area (Å²) in [6.45, 7) is 6.01. The molecule has 0 fully saturated rings. The van der Waals surface area contributed by atoms with Crippen LogP contribution in [0.25, 0.3) is 5.65 Å². The summed E-state index contributed by atoms with van der Waals surface area (Å²) < 4.78 is 2.85. The summed E-state index contributed by atoms with van der Waals surface area (Å²) in [6, 6.07) is 10.3. The molecule has 4 rings (SSSR count). The van der Waals surface area contributed by atoms with Crippen molar-refractivity contribution in [2.24, 2.45) is 0 Å². The molecule has 0 saturated carbocycles. The number of halogens is 1. The standard InChI is InChI=1S/C19H18BrN3O/c1-11-8-15(20)10-22-17(13(3)21-18(11)22)19(24)23-12(2)9-14-6-4-5-7-16(14)23/h4-8,10,12H,9H2,1-3H3. The second-order valence-electron chi connectivity index (χ2n) is 6.44. The van der Waals surface area contributed by atoms with Crippen LogP contribution in [0, 0.1) is 13.8 Å². The van der Waals surface area contributed by atoms with Crippen molar-refractivity contribution in [3.8, 4) is 0 Å². The van der Waals surface area contributed by atoms with Crippen molar-refractivity contribution >= 4 is 33.2 Å². The van der Waals surface area contributed by atoms with Gasteiger partial charge in [-0.1, -0.05) is 18.2 Å². The summed E-state index contributed by atoms with van der Waals surface area (Å²) in [5.41, 5.74) is 5.51. The van der Waals surface area contributed by atoms with Crippen molar-refractivity contribution in [3.63, 3.8) is 0 Å². The molecule has 0 saturated heterocycles. The average Bonchev–Trinajstić information content (AvgIpc) is 3.03. The third-order valence-corrected chi connectivity index (χ3v) is 5.11. The topological polar surface area (TPSA) is 37.6 Å². The number of carbonyl (C=O) groups is 1. The monoisotopic (exact) mass is 383 g/mol. The van der Waals surface area contributed by atoms with Gasteiger partial charge in [-0.15, -0.1) is 0 Å². The first-order valence-corrected chi connectivity index (χ1v) is 8.83. The molecule has 1 amide bonds. The van der Waals surface area contributed by atoms with Gasteiger partial charge >= 0.3 is 0 Å². The van der Waals surface area contributed by atoms with Crippen LogP contribution in [0.5, 0.6) is 0 Å². The molecule has 24 heavy (non-hydrogen) atoms. The Morgan fingerprint density at radius 3 is 2.83 bits per heavy atom. The van der Waals surface area contributed by atoms with Crippen molar-refractivity contribution in [1.82, 2.24) is 9.38 Å². The van der Waals surface area contributed by atoms with Crippen molar-refractivity contribution in [2.75, 3.05) is 4.90 Å².